The molecule has 0 aliphatic heterocycles. The summed E-state index contributed by atoms with van der Waals surface area (Å²) in [5.74, 6) is -0.547. The largest absolute Gasteiger partial charge is 0.417 e. The van der Waals surface area contributed by atoms with Gasteiger partial charge in [-0.1, -0.05) is 11.6 Å². The molecule has 1 aromatic heterocycles. The lowest BCUT2D eigenvalue weighted by molar-refractivity contribution is -0.107. The van der Waals surface area contributed by atoms with Crippen LogP contribution in [0.5, 0.6) is 0 Å². The number of carbonyl (C=O) groups is 1. The molecular weight excluding hydrogens is 206 g/mol. The maximum atomic E-state index is 10.9. The van der Waals surface area contributed by atoms with E-state index in [1.165, 1.54) is 0 Å². The summed E-state index contributed by atoms with van der Waals surface area (Å²) < 4.78 is 4.88. The fourth-order valence-electron chi connectivity index (χ4n) is 1.33. The van der Waals surface area contributed by atoms with Crippen LogP contribution in [0.3, 0.4) is 0 Å². The van der Waals surface area contributed by atoms with E-state index in [1.54, 1.807) is 12.1 Å². The highest BCUT2D eigenvalue weighted by Crippen LogP contribution is 2.21. The van der Waals surface area contributed by atoms with E-state index in [2.05, 4.69) is 4.98 Å². The molecule has 0 aliphatic rings. The highest BCUT2D eigenvalue weighted by atomic mass is 35.5. The number of fused-ring (bicyclic) bond motifs is 1. The van der Waals surface area contributed by atoms with Gasteiger partial charge in [0.05, 0.1) is 5.52 Å². The minimum Gasteiger partial charge on any atom is -0.408 e. The number of rotatable bonds is 2. The molecule has 0 atom stereocenters. The van der Waals surface area contributed by atoms with Gasteiger partial charge < -0.3 is 9.21 Å². The number of hydrogen-bond acceptors (Lipinski definition) is 3. The smallest absolute Gasteiger partial charge is 0.408 e. The van der Waals surface area contributed by atoms with Gasteiger partial charge in [-0.05, 0) is 12.1 Å². The predicted molar refractivity (Wildman–Crippen MR) is 51.6 cm³/mol. The quantitative estimate of drug-likeness (QED) is 0.766. The Morgan fingerprint density at radius 1 is 1.50 bits per heavy atom. The molecule has 72 valence electrons. The number of carbonyl (C=O) groups excluding carboxylic acids is 1. The van der Waals surface area contributed by atoms with Crippen molar-refractivity contribution in [2.24, 2.45) is 0 Å². The molecule has 0 aliphatic carbocycles. The summed E-state index contributed by atoms with van der Waals surface area (Å²) in [4.78, 5) is 23.7. The van der Waals surface area contributed by atoms with Crippen LogP contribution in [0.1, 0.15) is 5.56 Å². The van der Waals surface area contributed by atoms with Crippen molar-refractivity contribution in [3.05, 3.63) is 33.3 Å². The molecule has 0 fully saturated rings. The van der Waals surface area contributed by atoms with Crippen molar-refractivity contribution in [3.63, 3.8) is 0 Å². The first kappa shape index (κ1) is 9.02. The maximum Gasteiger partial charge on any atom is 0.417 e. The van der Waals surface area contributed by atoms with Gasteiger partial charge in [0.1, 0.15) is 6.29 Å². The first-order chi connectivity index (χ1) is 6.70. The molecule has 0 bridgehead atoms. The van der Waals surface area contributed by atoms with E-state index in [0.29, 0.717) is 21.7 Å². The van der Waals surface area contributed by atoms with Gasteiger partial charge in [-0.3, -0.25) is 4.98 Å². The first-order valence-corrected chi connectivity index (χ1v) is 4.33. The van der Waals surface area contributed by atoms with Crippen LogP contribution in [0.25, 0.3) is 11.1 Å². The Morgan fingerprint density at radius 3 is 3.00 bits per heavy atom. The van der Waals surface area contributed by atoms with Gasteiger partial charge in [0, 0.05) is 17.0 Å². The van der Waals surface area contributed by atoms with Crippen molar-refractivity contribution < 1.29 is 9.21 Å². The summed E-state index contributed by atoms with van der Waals surface area (Å²) in [6, 6.07) is 3.19. The first-order valence-electron chi connectivity index (χ1n) is 3.95. The Balaban J connectivity index is 2.78. The van der Waals surface area contributed by atoms with Crippen LogP contribution in [0, 0.1) is 0 Å². The lowest BCUT2D eigenvalue weighted by Gasteiger charge is -1.96. The van der Waals surface area contributed by atoms with Crippen LogP contribution >= 0.6 is 11.6 Å². The number of aromatic nitrogens is 1. The van der Waals surface area contributed by atoms with Crippen molar-refractivity contribution in [2.75, 3.05) is 0 Å². The van der Waals surface area contributed by atoms with E-state index in [-0.39, 0.29) is 6.42 Å². The molecule has 1 aromatic carbocycles. The molecule has 0 spiro atoms. The standard InChI is InChI=1S/C9H6ClNO3/c10-6-3-5(1-2-12)8-7(4-6)11-9(13)14-8/h2-4H,1H2,(H,11,13). The third-order valence-corrected chi connectivity index (χ3v) is 2.08. The number of hydrogen-bond donors (Lipinski definition) is 1. The summed E-state index contributed by atoms with van der Waals surface area (Å²) in [6.07, 6.45) is 0.913. The average Bonchev–Trinajstić information content (AvgIpc) is 2.45. The summed E-state index contributed by atoms with van der Waals surface area (Å²) in [7, 11) is 0. The zero-order valence-corrected chi connectivity index (χ0v) is 7.80. The van der Waals surface area contributed by atoms with Crippen molar-refractivity contribution in [1.82, 2.24) is 4.98 Å². The minimum absolute atomic E-state index is 0.178. The second-order valence-corrected chi connectivity index (χ2v) is 3.26. The molecule has 0 saturated heterocycles. The molecule has 0 unspecified atom stereocenters. The second-order valence-electron chi connectivity index (χ2n) is 2.83. The van der Waals surface area contributed by atoms with Gasteiger partial charge in [0.25, 0.3) is 0 Å². The summed E-state index contributed by atoms with van der Waals surface area (Å²) in [5, 5.41) is 0.464. The fourth-order valence-corrected chi connectivity index (χ4v) is 1.57. The second kappa shape index (κ2) is 3.31. The van der Waals surface area contributed by atoms with E-state index < -0.39 is 5.76 Å². The van der Waals surface area contributed by atoms with E-state index >= 15 is 0 Å². The Morgan fingerprint density at radius 2 is 2.29 bits per heavy atom. The van der Waals surface area contributed by atoms with Crippen molar-refractivity contribution in [2.45, 2.75) is 6.42 Å². The highest BCUT2D eigenvalue weighted by molar-refractivity contribution is 6.31. The molecule has 1 heterocycles. The van der Waals surface area contributed by atoms with Crippen LogP contribution in [0.15, 0.2) is 21.3 Å². The lowest BCUT2D eigenvalue weighted by Crippen LogP contribution is -1.92. The van der Waals surface area contributed by atoms with Crippen LogP contribution in [-0.2, 0) is 11.2 Å². The number of benzene rings is 1. The monoisotopic (exact) mass is 211 g/mol. The molecule has 2 rings (SSSR count). The van der Waals surface area contributed by atoms with Gasteiger partial charge in [0.2, 0.25) is 0 Å². The fraction of sp³-hybridized carbons (Fsp3) is 0.111. The SMILES string of the molecule is O=CCc1cc(Cl)cc2[nH]c(=O)oc12. The molecule has 2 aromatic rings. The highest BCUT2D eigenvalue weighted by Gasteiger charge is 2.08. The molecule has 0 saturated carbocycles. The van der Waals surface area contributed by atoms with Crippen LogP contribution in [0.2, 0.25) is 5.02 Å². The van der Waals surface area contributed by atoms with Crippen LogP contribution < -0.4 is 5.76 Å². The third kappa shape index (κ3) is 1.44. The summed E-state index contributed by atoms with van der Waals surface area (Å²) in [6.45, 7) is 0. The van der Waals surface area contributed by atoms with E-state index in [1.807, 2.05) is 0 Å². The van der Waals surface area contributed by atoms with Crippen LogP contribution in [-0.4, -0.2) is 11.3 Å². The van der Waals surface area contributed by atoms with Crippen molar-refractivity contribution in [3.8, 4) is 0 Å². The van der Waals surface area contributed by atoms with Gasteiger partial charge in [-0.2, -0.15) is 0 Å². The van der Waals surface area contributed by atoms with E-state index in [9.17, 15) is 9.59 Å². The normalized spacial score (nSPS) is 10.6. The van der Waals surface area contributed by atoms with Crippen molar-refractivity contribution >= 4 is 29.0 Å². The topological polar surface area (TPSA) is 63.1 Å². The number of halogens is 1. The number of aldehydes is 1. The van der Waals surface area contributed by atoms with Gasteiger partial charge >= 0.3 is 5.76 Å². The number of oxazole rings is 1. The minimum atomic E-state index is -0.547. The molecule has 14 heavy (non-hydrogen) atoms. The Hall–Kier alpha value is -1.55. The molecule has 5 heteroatoms. The molecule has 4 nitrogen and oxygen atoms in total. The van der Waals surface area contributed by atoms with E-state index in [0.717, 1.165) is 6.29 Å². The lowest BCUT2D eigenvalue weighted by atomic mass is 10.1. The summed E-state index contributed by atoms with van der Waals surface area (Å²) in [5.41, 5.74) is 1.52. The zero-order chi connectivity index (χ0) is 10.1. The molecule has 1 N–H and O–H groups in total. The number of H-pyrrole nitrogens is 1. The molecule has 0 amide bonds. The van der Waals surface area contributed by atoms with Crippen LogP contribution in [0.4, 0.5) is 0 Å². The maximum absolute atomic E-state index is 10.9. The van der Waals surface area contributed by atoms with Gasteiger partial charge in [0.15, 0.2) is 5.58 Å². The summed E-state index contributed by atoms with van der Waals surface area (Å²) >= 11 is 5.79. The third-order valence-electron chi connectivity index (χ3n) is 1.87. The average molecular weight is 212 g/mol. The Kier molecular flexibility index (Phi) is 2.13. The number of aromatic amines is 1. The predicted octanol–water partition coefficient (Wildman–Crippen LogP) is 1.52. The Labute approximate surface area is 83.5 Å². The Bertz CT molecular complexity index is 540. The van der Waals surface area contributed by atoms with Gasteiger partial charge in [-0.25, -0.2) is 4.79 Å². The van der Waals surface area contributed by atoms with Gasteiger partial charge in [-0.15, -0.1) is 0 Å². The number of nitrogens with one attached hydrogen (secondary N) is 1. The van der Waals surface area contributed by atoms with E-state index in [4.69, 9.17) is 16.0 Å². The molecular formula is C9H6ClNO3. The zero-order valence-electron chi connectivity index (χ0n) is 7.04. The molecule has 0 radical (unpaired) electrons. The van der Waals surface area contributed by atoms with Crippen molar-refractivity contribution in [1.29, 1.82) is 0 Å².